The Morgan fingerprint density at radius 2 is 2.10 bits per heavy atom. The van der Waals surface area contributed by atoms with Gasteiger partial charge >= 0.3 is 0 Å². The predicted molar refractivity (Wildman–Crippen MR) is 79.6 cm³/mol. The van der Waals surface area contributed by atoms with Crippen molar-refractivity contribution < 1.29 is 4.79 Å². The summed E-state index contributed by atoms with van der Waals surface area (Å²) in [5.74, 6) is -0.122. The molecular formula is C16H20N4O. The monoisotopic (exact) mass is 284 g/mol. The summed E-state index contributed by atoms with van der Waals surface area (Å²) in [5, 5.41) is 12.6. The summed E-state index contributed by atoms with van der Waals surface area (Å²) in [4.78, 5) is 17.8. The number of aromatic nitrogens is 1. The van der Waals surface area contributed by atoms with E-state index in [-0.39, 0.29) is 5.91 Å². The normalized spacial score (nSPS) is 31.7. The number of amides is 1. The fourth-order valence-corrected chi connectivity index (χ4v) is 3.83. The summed E-state index contributed by atoms with van der Waals surface area (Å²) in [6, 6.07) is 5.42. The van der Waals surface area contributed by atoms with Gasteiger partial charge in [0.15, 0.2) is 0 Å². The lowest BCUT2D eigenvalue weighted by Crippen LogP contribution is -2.47. The molecular weight excluding hydrogens is 264 g/mol. The number of nitrogens with one attached hydrogen (secondary N) is 1. The lowest BCUT2D eigenvalue weighted by atomic mass is 9.71. The summed E-state index contributed by atoms with van der Waals surface area (Å²) < 4.78 is 0. The van der Waals surface area contributed by atoms with E-state index in [1.54, 1.807) is 12.4 Å². The van der Waals surface area contributed by atoms with E-state index in [1.807, 2.05) is 6.07 Å². The average Bonchev–Trinajstić information content (AvgIpc) is 2.69. The molecule has 2 aliphatic heterocycles. The van der Waals surface area contributed by atoms with Crippen LogP contribution in [0.1, 0.15) is 38.2 Å². The molecule has 2 unspecified atom stereocenters. The number of hydrogen-bond acceptors (Lipinski definition) is 4. The molecule has 5 nitrogen and oxygen atoms in total. The molecule has 110 valence electrons. The molecule has 1 aromatic rings. The number of hydrogen-bond donors (Lipinski definition) is 1. The van der Waals surface area contributed by atoms with E-state index in [9.17, 15) is 10.1 Å². The zero-order valence-corrected chi connectivity index (χ0v) is 12.5. The van der Waals surface area contributed by atoms with Crippen molar-refractivity contribution in [3.8, 4) is 6.07 Å². The number of piperidine rings is 1. The molecule has 3 rings (SSSR count). The van der Waals surface area contributed by atoms with Crippen molar-refractivity contribution in [1.82, 2.24) is 9.88 Å². The molecule has 1 amide bonds. The van der Waals surface area contributed by atoms with Crippen LogP contribution in [0.5, 0.6) is 0 Å². The molecule has 2 aliphatic rings. The van der Waals surface area contributed by atoms with Crippen LogP contribution >= 0.6 is 0 Å². The molecule has 0 spiro atoms. The molecule has 1 aromatic heterocycles. The van der Waals surface area contributed by atoms with Crippen molar-refractivity contribution in [1.29, 1.82) is 5.26 Å². The lowest BCUT2D eigenvalue weighted by Gasteiger charge is -2.41. The standard InChI is InChI=1S/C16H20N4O/c1-11(21)19-13-5-12(8-18-9-13)16(10-17)6-14-3-4-15(7-16)20(14)2/h5,8-9,14-15H,3-4,6-7H2,1-2H3,(H,19,21). The van der Waals surface area contributed by atoms with Gasteiger partial charge in [-0.05, 0) is 44.4 Å². The molecule has 1 N–H and O–H groups in total. The Bertz CT molecular complexity index is 593. The smallest absolute Gasteiger partial charge is 0.221 e. The van der Waals surface area contributed by atoms with Crippen molar-refractivity contribution >= 4 is 11.6 Å². The van der Waals surface area contributed by atoms with Gasteiger partial charge in [0, 0.05) is 25.2 Å². The van der Waals surface area contributed by atoms with E-state index in [4.69, 9.17) is 0 Å². The SMILES string of the molecule is CC(=O)Nc1cncc(C2(C#N)CC3CCC(C2)N3C)c1. The van der Waals surface area contributed by atoms with Gasteiger partial charge in [0.1, 0.15) is 0 Å². The van der Waals surface area contributed by atoms with Gasteiger partial charge < -0.3 is 10.2 Å². The summed E-state index contributed by atoms with van der Waals surface area (Å²) in [5.41, 5.74) is 1.13. The topological polar surface area (TPSA) is 69.0 Å². The van der Waals surface area contributed by atoms with Gasteiger partial charge in [0.05, 0.1) is 23.4 Å². The van der Waals surface area contributed by atoms with Crippen LogP contribution < -0.4 is 5.32 Å². The van der Waals surface area contributed by atoms with Crippen LogP contribution in [-0.4, -0.2) is 34.9 Å². The van der Waals surface area contributed by atoms with Crippen LogP contribution in [0.2, 0.25) is 0 Å². The number of carbonyl (C=O) groups excluding carboxylic acids is 1. The first kappa shape index (κ1) is 14.0. The van der Waals surface area contributed by atoms with Gasteiger partial charge in [-0.2, -0.15) is 5.26 Å². The predicted octanol–water partition coefficient (Wildman–Crippen LogP) is 2.06. The molecule has 0 aromatic carbocycles. The van der Waals surface area contributed by atoms with Crippen LogP contribution in [0.15, 0.2) is 18.5 Å². The molecule has 3 heterocycles. The fraction of sp³-hybridized carbons (Fsp3) is 0.562. The summed E-state index contributed by atoms with van der Waals surface area (Å²) >= 11 is 0. The maximum absolute atomic E-state index is 11.2. The highest BCUT2D eigenvalue weighted by Gasteiger charge is 2.48. The minimum atomic E-state index is -0.472. The molecule has 2 fully saturated rings. The molecule has 5 heteroatoms. The van der Waals surface area contributed by atoms with Crippen LogP contribution in [0.25, 0.3) is 0 Å². The number of fused-ring (bicyclic) bond motifs is 2. The van der Waals surface area contributed by atoms with Crippen molar-refractivity contribution in [2.45, 2.75) is 50.1 Å². The van der Waals surface area contributed by atoms with Gasteiger partial charge in [-0.15, -0.1) is 0 Å². The van der Waals surface area contributed by atoms with E-state index >= 15 is 0 Å². The number of nitriles is 1. The zero-order valence-electron chi connectivity index (χ0n) is 12.5. The van der Waals surface area contributed by atoms with E-state index in [0.29, 0.717) is 17.8 Å². The highest BCUT2D eigenvalue weighted by Crippen LogP contribution is 2.46. The first-order chi connectivity index (χ1) is 10.0. The third-order valence-corrected chi connectivity index (χ3v) is 4.98. The first-order valence-corrected chi connectivity index (χ1v) is 7.40. The Morgan fingerprint density at radius 3 is 2.67 bits per heavy atom. The van der Waals surface area contributed by atoms with Crippen LogP contribution in [0.4, 0.5) is 5.69 Å². The molecule has 2 saturated heterocycles. The molecule has 0 aliphatic carbocycles. The summed E-state index contributed by atoms with van der Waals surface area (Å²) in [6.45, 7) is 1.47. The van der Waals surface area contributed by atoms with Crippen LogP contribution in [0.3, 0.4) is 0 Å². The van der Waals surface area contributed by atoms with Crippen molar-refractivity contribution in [3.63, 3.8) is 0 Å². The summed E-state index contributed by atoms with van der Waals surface area (Å²) in [6.07, 6.45) is 7.44. The van der Waals surface area contributed by atoms with Gasteiger partial charge in [-0.3, -0.25) is 9.78 Å². The minimum Gasteiger partial charge on any atom is -0.325 e. The second-order valence-electron chi connectivity index (χ2n) is 6.30. The molecule has 2 atom stereocenters. The number of rotatable bonds is 2. The highest BCUT2D eigenvalue weighted by atomic mass is 16.1. The number of carbonyl (C=O) groups is 1. The molecule has 21 heavy (non-hydrogen) atoms. The number of nitrogens with zero attached hydrogens (tertiary/aromatic N) is 3. The number of anilines is 1. The van der Waals surface area contributed by atoms with E-state index < -0.39 is 5.41 Å². The zero-order chi connectivity index (χ0) is 15.0. The van der Waals surface area contributed by atoms with E-state index in [1.165, 1.54) is 19.8 Å². The second kappa shape index (κ2) is 5.12. The number of pyridine rings is 1. The third kappa shape index (κ3) is 2.40. The second-order valence-corrected chi connectivity index (χ2v) is 6.30. The quantitative estimate of drug-likeness (QED) is 0.902. The fourth-order valence-electron chi connectivity index (χ4n) is 3.83. The lowest BCUT2D eigenvalue weighted by molar-refractivity contribution is -0.114. The Morgan fingerprint density at radius 1 is 1.43 bits per heavy atom. The molecule has 0 radical (unpaired) electrons. The largest absolute Gasteiger partial charge is 0.325 e. The van der Waals surface area contributed by atoms with Crippen molar-refractivity contribution in [2.75, 3.05) is 12.4 Å². The third-order valence-electron chi connectivity index (χ3n) is 4.98. The van der Waals surface area contributed by atoms with E-state index in [0.717, 1.165) is 18.4 Å². The van der Waals surface area contributed by atoms with Crippen LogP contribution in [0, 0.1) is 11.3 Å². The Labute approximate surface area is 125 Å². The van der Waals surface area contributed by atoms with Crippen molar-refractivity contribution in [2.24, 2.45) is 0 Å². The Kier molecular flexibility index (Phi) is 3.42. The van der Waals surface area contributed by atoms with Gasteiger partial charge in [0.2, 0.25) is 5.91 Å². The molecule has 2 bridgehead atoms. The summed E-state index contributed by atoms with van der Waals surface area (Å²) in [7, 11) is 2.16. The van der Waals surface area contributed by atoms with Gasteiger partial charge in [-0.25, -0.2) is 0 Å². The minimum absolute atomic E-state index is 0.122. The average molecular weight is 284 g/mol. The van der Waals surface area contributed by atoms with Gasteiger partial charge in [-0.1, -0.05) is 0 Å². The molecule has 0 saturated carbocycles. The maximum Gasteiger partial charge on any atom is 0.221 e. The van der Waals surface area contributed by atoms with Crippen LogP contribution in [-0.2, 0) is 10.2 Å². The van der Waals surface area contributed by atoms with Crippen molar-refractivity contribution in [3.05, 3.63) is 24.0 Å². The highest BCUT2D eigenvalue weighted by molar-refractivity contribution is 5.88. The van der Waals surface area contributed by atoms with E-state index in [2.05, 4.69) is 28.3 Å². The first-order valence-electron chi connectivity index (χ1n) is 7.40. The van der Waals surface area contributed by atoms with Gasteiger partial charge in [0.25, 0.3) is 0 Å². The Balaban J connectivity index is 1.94. The maximum atomic E-state index is 11.2. The Hall–Kier alpha value is -1.93.